The second-order valence-corrected chi connectivity index (χ2v) is 5.88. The van der Waals surface area contributed by atoms with Crippen LogP contribution in [-0.2, 0) is 0 Å². The smallest absolute Gasteiger partial charge is 0.168 e. The zero-order chi connectivity index (χ0) is 14.7. The van der Waals surface area contributed by atoms with E-state index in [0.717, 1.165) is 41.7 Å². The second-order valence-electron chi connectivity index (χ2n) is 5.88. The Kier molecular flexibility index (Phi) is 4.18. The Labute approximate surface area is 125 Å². The molecule has 0 amide bonds. The summed E-state index contributed by atoms with van der Waals surface area (Å²) in [4.78, 5) is 15.0. The lowest BCUT2D eigenvalue weighted by Gasteiger charge is -2.28. The maximum absolute atomic E-state index is 10.7. The summed E-state index contributed by atoms with van der Waals surface area (Å²) in [5.74, 6) is 1.79. The molecule has 1 aromatic carbocycles. The van der Waals surface area contributed by atoms with E-state index in [1.807, 2.05) is 24.3 Å². The quantitative estimate of drug-likeness (QED) is 0.781. The highest BCUT2D eigenvalue weighted by Gasteiger charge is 2.21. The van der Waals surface area contributed by atoms with Crippen LogP contribution in [0.15, 0.2) is 30.3 Å². The lowest BCUT2D eigenvalue weighted by atomic mass is 9.86. The van der Waals surface area contributed by atoms with Crippen LogP contribution in [0.25, 0.3) is 10.9 Å². The van der Waals surface area contributed by atoms with Crippen LogP contribution in [0.4, 0.5) is 0 Å². The van der Waals surface area contributed by atoms with Crippen molar-refractivity contribution < 1.29 is 9.53 Å². The van der Waals surface area contributed by atoms with E-state index in [2.05, 4.69) is 11.9 Å². The zero-order valence-corrected chi connectivity index (χ0v) is 12.4. The highest BCUT2D eigenvalue weighted by Crippen LogP contribution is 2.30. The van der Waals surface area contributed by atoms with Crippen LogP contribution in [-0.4, -0.2) is 17.4 Å². The summed E-state index contributed by atoms with van der Waals surface area (Å²) >= 11 is 0. The molecule has 2 aromatic rings. The average Bonchev–Trinajstić information content (AvgIpc) is 2.55. The van der Waals surface area contributed by atoms with Crippen LogP contribution in [0.1, 0.15) is 49.5 Å². The van der Waals surface area contributed by atoms with Gasteiger partial charge >= 0.3 is 0 Å². The number of aromatic nitrogens is 1. The number of carbonyl (C=O) groups excluding carboxylic acids is 1. The minimum absolute atomic E-state index is 0.340. The van der Waals surface area contributed by atoms with Crippen molar-refractivity contribution in [3.8, 4) is 5.75 Å². The van der Waals surface area contributed by atoms with Crippen molar-refractivity contribution in [1.82, 2.24) is 4.98 Å². The van der Waals surface area contributed by atoms with Gasteiger partial charge in [0.05, 0.1) is 11.6 Å². The van der Waals surface area contributed by atoms with Crippen LogP contribution in [0.3, 0.4) is 0 Å². The van der Waals surface area contributed by atoms with Gasteiger partial charge in [0.2, 0.25) is 0 Å². The van der Waals surface area contributed by atoms with Gasteiger partial charge in [-0.2, -0.15) is 0 Å². The van der Waals surface area contributed by atoms with E-state index in [1.165, 1.54) is 19.3 Å². The first-order chi connectivity index (χ1) is 10.3. The third kappa shape index (κ3) is 3.23. The molecule has 1 saturated carbocycles. The molecule has 0 spiro atoms. The summed E-state index contributed by atoms with van der Waals surface area (Å²) in [5.41, 5.74) is 1.30. The van der Waals surface area contributed by atoms with Gasteiger partial charge in [0, 0.05) is 5.39 Å². The normalized spacial score (nSPS) is 22.1. The fraction of sp³-hybridized carbons (Fsp3) is 0.444. The minimum atomic E-state index is 0.340. The van der Waals surface area contributed by atoms with Crippen molar-refractivity contribution >= 4 is 17.2 Å². The van der Waals surface area contributed by atoms with E-state index >= 15 is 0 Å². The van der Waals surface area contributed by atoms with E-state index in [9.17, 15) is 4.79 Å². The van der Waals surface area contributed by atoms with Crippen molar-refractivity contribution in [2.75, 3.05) is 0 Å². The number of carbonyl (C=O) groups is 1. The van der Waals surface area contributed by atoms with Gasteiger partial charge in [-0.3, -0.25) is 4.79 Å². The number of aldehydes is 1. The van der Waals surface area contributed by atoms with E-state index in [4.69, 9.17) is 4.74 Å². The largest absolute Gasteiger partial charge is 0.490 e. The van der Waals surface area contributed by atoms with Crippen molar-refractivity contribution in [2.24, 2.45) is 5.92 Å². The molecule has 0 aliphatic heterocycles. The Morgan fingerprint density at radius 3 is 2.71 bits per heavy atom. The first-order valence-electron chi connectivity index (χ1n) is 7.81. The van der Waals surface area contributed by atoms with Gasteiger partial charge in [-0.1, -0.05) is 19.4 Å². The van der Waals surface area contributed by atoms with E-state index < -0.39 is 0 Å². The molecule has 1 aliphatic rings. The molecule has 3 rings (SSSR count). The molecular weight excluding hydrogens is 262 g/mol. The topological polar surface area (TPSA) is 39.2 Å². The summed E-state index contributed by atoms with van der Waals surface area (Å²) < 4.78 is 6.12. The number of benzene rings is 1. The van der Waals surface area contributed by atoms with Crippen LogP contribution in [0, 0.1) is 5.92 Å². The van der Waals surface area contributed by atoms with E-state index in [1.54, 1.807) is 6.07 Å². The van der Waals surface area contributed by atoms with Crippen LogP contribution < -0.4 is 4.74 Å². The third-order valence-corrected chi connectivity index (χ3v) is 4.48. The van der Waals surface area contributed by atoms with E-state index in [0.29, 0.717) is 11.8 Å². The van der Waals surface area contributed by atoms with Crippen molar-refractivity contribution in [3.63, 3.8) is 0 Å². The molecule has 0 unspecified atom stereocenters. The van der Waals surface area contributed by atoms with Crippen molar-refractivity contribution in [3.05, 3.63) is 36.0 Å². The molecule has 1 fully saturated rings. The maximum Gasteiger partial charge on any atom is 0.168 e. The number of pyridine rings is 1. The number of rotatable bonds is 4. The number of hydrogen-bond acceptors (Lipinski definition) is 3. The Morgan fingerprint density at radius 1 is 1.19 bits per heavy atom. The van der Waals surface area contributed by atoms with Crippen LogP contribution in [0.2, 0.25) is 0 Å². The van der Waals surface area contributed by atoms with Gasteiger partial charge in [0.15, 0.2) is 6.29 Å². The fourth-order valence-corrected chi connectivity index (χ4v) is 3.11. The summed E-state index contributed by atoms with van der Waals surface area (Å²) in [6, 6.07) is 9.56. The summed E-state index contributed by atoms with van der Waals surface area (Å²) in [7, 11) is 0. The molecule has 3 nitrogen and oxygen atoms in total. The Bertz CT molecular complexity index is 630. The molecule has 0 atom stereocenters. The van der Waals surface area contributed by atoms with Crippen molar-refractivity contribution in [2.45, 2.75) is 45.1 Å². The number of hydrogen-bond donors (Lipinski definition) is 0. The maximum atomic E-state index is 10.7. The molecular formula is C18H21NO2. The van der Waals surface area contributed by atoms with Crippen LogP contribution >= 0.6 is 0 Å². The summed E-state index contributed by atoms with van der Waals surface area (Å²) in [6.07, 6.45) is 7.26. The molecule has 0 bridgehead atoms. The molecule has 0 radical (unpaired) electrons. The first kappa shape index (κ1) is 14.1. The number of fused-ring (bicyclic) bond motifs is 1. The number of nitrogens with zero attached hydrogens (tertiary/aromatic N) is 1. The van der Waals surface area contributed by atoms with Crippen molar-refractivity contribution in [1.29, 1.82) is 0 Å². The molecule has 0 saturated heterocycles. The van der Waals surface area contributed by atoms with Gasteiger partial charge in [0.1, 0.15) is 11.4 Å². The molecule has 1 aromatic heterocycles. The lowest BCUT2D eigenvalue weighted by Crippen LogP contribution is -2.23. The molecule has 1 aliphatic carbocycles. The van der Waals surface area contributed by atoms with Gasteiger partial charge in [0.25, 0.3) is 0 Å². The van der Waals surface area contributed by atoms with Gasteiger partial charge in [-0.15, -0.1) is 0 Å². The summed E-state index contributed by atoms with van der Waals surface area (Å²) in [6.45, 7) is 2.27. The Morgan fingerprint density at radius 2 is 2.00 bits per heavy atom. The predicted octanol–water partition coefficient (Wildman–Crippen LogP) is 4.39. The summed E-state index contributed by atoms with van der Waals surface area (Å²) in [5, 5.41) is 1.01. The molecule has 110 valence electrons. The SMILES string of the molecule is CCC1CCC(Oc2ccc3nc(C=O)ccc3c2)CC1. The molecule has 21 heavy (non-hydrogen) atoms. The molecule has 0 N–H and O–H groups in total. The Hall–Kier alpha value is -1.90. The first-order valence-corrected chi connectivity index (χ1v) is 7.81. The van der Waals surface area contributed by atoms with Gasteiger partial charge in [-0.05, 0) is 55.9 Å². The monoisotopic (exact) mass is 283 g/mol. The predicted molar refractivity (Wildman–Crippen MR) is 83.8 cm³/mol. The Balaban J connectivity index is 1.71. The highest BCUT2D eigenvalue weighted by molar-refractivity contribution is 5.84. The molecule has 3 heteroatoms. The standard InChI is InChI=1S/C18H21NO2/c1-2-13-3-7-16(8-4-13)21-17-9-10-18-14(11-17)5-6-15(12-20)19-18/h5-6,9-13,16H,2-4,7-8H2,1H3. The van der Waals surface area contributed by atoms with Gasteiger partial charge < -0.3 is 4.74 Å². The zero-order valence-electron chi connectivity index (χ0n) is 12.4. The van der Waals surface area contributed by atoms with Crippen LogP contribution in [0.5, 0.6) is 5.75 Å². The van der Waals surface area contributed by atoms with E-state index in [-0.39, 0.29) is 0 Å². The number of ether oxygens (including phenoxy) is 1. The fourth-order valence-electron chi connectivity index (χ4n) is 3.11. The lowest BCUT2D eigenvalue weighted by molar-refractivity contribution is 0.111. The highest BCUT2D eigenvalue weighted by atomic mass is 16.5. The molecule has 1 heterocycles. The second kappa shape index (κ2) is 6.25. The minimum Gasteiger partial charge on any atom is -0.490 e. The third-order valence-electron chi connectivity index (χ3n) is 4.48. The van der Waals surface area contributed by atoms with Gasteiger partial charge in [-0.25, -0.2) is 4.98 Å². The average molecular weight is 283 g/mol.